The van der Waals surface area contributed by atoms with Crippen molar-refractivity contribution in [1.82, 2.24) is 0 Å². The molecule has 94 valence electrons. The van der Waals surface area contributed by atoms with Crippen molar-refractivity contribution in [3.8, 4) is 0 Å². The molecule has 4 N–H and O–H groups in total. The number of nitrogen functional groups attached to an aromatic ring is 1. The maximum absolute atomic E-state index is 13.2. The first-order chi connectivity index (χ1) is 7.64. The monoisotopic (exact) mass is 253 g/mol. The Morgan fingerprint density at radius 2 is 1.88 bits per heavy atom. The van der Waals surface area contributed by atoms with Gasteiger partial charge in [0.1, 0.15) is 5.82 Å². The van der Waals surface area contributed by atoms with Crippen LogP contribution >= 0.6 is 0 Å². The Hall–Kier alpha value is -1.83. The molecule has 8 heteroatoms. The molecule has 0 aliphatic carbocycles. The number of aliphatic hydroxyl groups excluding tert-OH is 1. The molecule has 4 nitrogen and oxygen atoms in total. The summed E-state index contributed by atoms with van der Waals surface area (Å²) < 4.78 is 50.8. The summed E-state index contributed by atoms with van der Waals surface area (Å²) in [6, 6.07) is 0.876. The van der Waals surface area contributed by atoms with Crippen LogP contribution in [-0.4, -0.2) is 16.2 Å². The molecule has 0 amide bonds. The first-order valence-electron chi connectivity index (χ1n) is 4.21. The third-order valence-corrected chi connectivity index (χ3v) is 1.96. The number of hydrogen-bond acceptors (Lipinski definition) is 3. The topological polar surface area (TPSA) is 83.5 Å². The summed E-state index contributed by atoms with van der Waals surface area (Å²) in [6.45, 7) is 0. The zero-order chi connectivity index (χ0) is 13.4. The number of aliphatic hydroxyl groups is 1. The summed E-state index contributed by atoms with van der Waals surface area (Å²) in [6.07, 6.45) is -7.62. The summed E-state index contributed by atoms with van der Waals surface area (Å²) >= 11 is 0. The second kappa shape index (κ2) is 4.21. The predicted molar refractivity (Wildman–Crippen MR) is 48.4 cm³/mol. The minimum absolute atomic E-state index is 0.366. The number of hydrogen-bond donors (Lipinski definition) is 3. The number of nitrogens with two attached hydrogens (primary N) is 1. The van der Waals surface area contributed by atoms with Crippen molar-refractivity contribution < 1.29 is 32.6 Å². The molecule has 0 saturated carbocycles. The number of aliphatic carboxylic acids is 1. The van der Waals surface area contributed by atoms with E-state index >= 15 is 0 Å². The van der Waals surface area contributed by atoms with Gasteiger partial charge >= 0.3 is 12.1 Å². The van der Waals surface area contributed by atoms with Crippen LogP contribution in [0.1, 0.15) is 17.2 Å². The van der Waals surface area contributed by atoms with Gasteiger partial charge in [-0.3, -0.25) is 0 Å². The van der Waals surface area contributed by atoms with Crippen LogP contribution in [0.5, 0.6) is 0 Å². The number of alkyl halides is 3. The van der Waals surface area contributed by atoms with Crippen LogP contribution in [0.3, 0.4) is 0 Å². The summed E-state index contributed by atoms with van der Waals surface area (Å²) in [4.78, 5) is 10.4. The standard InChI is InChI=1S/C9H7F4NO3/c10-5-2-3(14)1-4(9(11,12)13)6(5)7(15)8(16)17/h1-2,7,15H,14H2,(H,16,17). The van der Waals surface area contributed by atoms with Gasteiger partial charge in [0.25, 0.3) is 0 Å². The van der Waals surface area contributed by atoms with E-state index in [1.54, 1.807) is 0 Å². The molecule has 0 spiro atoms. The number of carboxylic acid groups (broad SMARTS) is 1. The maximum atomic E-state index is 13.2. The van der Waals surface area contributed by atoms with E-state index in [-0.39, 0.29) is 0 Å². The van der Waals surface area contributed by atoms with E-state index in [1.165, 1.54) is 0 Å². The summed E-state index contributed by atoms with van der Waals surface area (Å²) in [5, 5.41) is 17.4. The van der Waals surface area contributed by atoms with Crippen LogP contribution in [0.4, 0.5) is 23.2 Å². The summed E-state index contributed by atoms with van der Waals surface area (Å²) in [5.41, 5.74) is 1.56. The Morgan fingerprint density at radius 1 is 1.35 bits per heavy atom. The number of carbonyl (C=O) groups is 1. The molecule has 1 atom stereocenters. The molecular weight excluding hydrogens is 246 g/mol. The molecule has 0 heterocycles. The van der Waals surface area contributed by atoms with Gasteiger partial charge in [0.15, 0.2) is 6.10 Å². The van der Waals surface area contributed by atoms with E-state index < -0.39 is 40.9 Å². The lowest BCUT2D eigenvalue weighted by Gasteiger charge is -2.16. The molecule has 0 radical (unpaired) electrons. The molecular formula is C9H7F4NO3. The second-order valence-corrected chi connectivity index (χ2v) is 3.20. The first-order valence-corrected chi connectivity index (χ1v) is 4.21. The Bertz CT molecular complexity index is 458. The summed E-state index contributed by atoms with van der Waals surface area (Å²) in [5.74, 6) is -3.51. The van der Waals surface area contributed by atoms with E-state index in [1.807, 2.05) is 0 Å². The minimum atomic E-state index is -5.01. The van der Waals surface area contributed by atoms with E-state index in [0.717, 1.165) is 0 Å². The molecule has 0 aliphatic heterocycles. The van der Waals surface area contributed by atoms with E-state index in [0.29, 0.717) is 12.1 Å². The average molecular weight is 253 g/mol. The van der Waals surface area contributed by atoms with Crippen LogP contribution in [-0.2, 0) is 11.0 Å². The van der Waals surface area contributed by atoms with Gasteiger partial charge in [-0.1, -0.05) is 0 Å². The number of anilines is 1. The lowest BCUT2D eigenvalue weighted by Crippen LogP contribution is -2.19. The van der Waals surface area contributed by atoms with Gasteiger partial charge in [-0.05, 0) is 12.1 Å². The predicted octanol–water partition coefficient (Wildman–Crippen LogP) is 1.54. The third kappa shape index (κ3) is 2.64. The van der Waals surface area contributed by atoms with Gasteiger partial charge < -0.3 is 15.9 Å². The molecule has 1 aromatic carbocycles. The molecule has 1 aromatic rings. The highest BCUT2D eigenvalue weighted by Crippen LogP contribution is 2.37. The van der Waals surface area contributed by atoms with Gasteiger partial charge in [-0.15, -0.1) is 0 Å². The molecule has 0 fully saturated rings. The molecule has 0 aromatic heterocycles. The van der Waals surface area contributed by atoms with Crippen LogP contribution in [0.25, 0.3) is 0 Å². The van der Waals surface area contributed by atoms with Crippen LogP contribution in [0.15, 0.2) is 12.1 Å². The Balaban J connectivity index is 3.52. The largest absolute Gasteiger partial charge is 0.479 e. The second-order valence-electron chi connectivity index (χ2n) is 3.20. The van der Waals surface area contributed by atoms with Crippen LogP contribution < -0.4 is 5.73 Å². The average Bonchev–Trinajstić information content (AvgIpc) is 2.14. The fourth-order valence-electron chi connectivity index (χ4n) is 1.27. The van der Waals surface area contributed by atoms with Gasteiger partial charge in [0.2, 0.25) is 0 Å². The SMILES string of the molecule is Nc1cc(F)c(C(O)C(=O)O)c(C(F)(F)F)c1. The van der Waals surface area contributed by atoms with Gasteiger partial charge in [0, 0.05) is 11.3 Å². The van der Waals surface area contributed by atoms with Crippen molar-refractivity contribution in [1.29, 1.82) is 0 Å². The zero-order valence-corrected chi connectivity index (χ0v) is 8.12. The lowest BCUT2D eigenvalue weighted by atomic mass is 10.00. The minimum Gasteiger partial charge on any atom is -0.479 e. The first kappa shape index (κ1) is 13.2. The Kier molecular flexibility index (Phi) is 3.28. The number of benzene rings is 1. The van der Waals surface area contributed by atoms with E-state index in [4.69, 9.17) is 15.9 Å². The maximum Gasteiger partial charge on any atom is 0.416 e. The highest BCUT2D eigenvalue weighted by Gasteiger charge is 2.38. The lowest BCUT2D eigenvalue weighted by molar-refractivity contribution is -0.149. The molecule has 1 rings (SSSR count). The number of halogens is 4. The van der Waals surface area contributed by atoms with Crippen molar-refractivity contribution in [3.05, 3.63) is 29.1 Å². The van der Waals surface area contributed by atoms with Crippen molar-refractivity contribution in [3.63, 3.8) is 0 Å². The summed E-state index contributed by atoms with van der Waals surface area (Å²) in [7, 11) is 0. The number of rotatable bonds is 2. The molecule has 1 unspecified atom stereocenters. The van der Waals surface area contributed by atoms with Crippen LogP contribution in [0.2, 0.25) is 0 Å². The van der Waals surface area contributed by atoms with Gasteiger partial charge in [-0.25, -0.2) is 9.18 Å². The smallest absolute Gasteiger partial charge is 0.416 e. The quantitative estimate of drug-likeness (QED) is 0.551. The zero-order valence-electron chi connectivity index (χ0n) is 8.12. The van der Waals surface area contributed by atoms with Gasteiger partial charge in [0.05, 0.1) is 5.56 Å². The van der Waals surface area contributed by atoms with Crippen LogP contribution in [0, 0.1) is 5.82 Å². The van der Waals surface area contributed by atoms with Crippen molar-refractivity contribution >= 4 is 11.7 Å². The third-order valence-electron chi connectivity index (χ3n) is 1.96. The Labute approximate surface area is 92.3 Å². The number of carboxylic acids is 1. The Morgan fingerprint density at radius 3 is 2.29 bits per heavy atom. The fraction of sp³-hybridized carbons (Fsp3) is 0.222. The highest BCUT2D eigenvalue weighted by atomic mass is 19.4. The van der Waals surface area contributed by atoms with E-state index in [2.05, 4.69) is 0 Å². The van der Waals surface area contributed by atoms with E-state index in [9.17, 15) is 22.4 Å². The van der Waals surface area contributed by atoms with Crippen molar-refractivity contribution in [2.75, 3.05) is 5.73 Å². The molecule has 17 heavy (non-hydrogen) atoms. The molecule has 0 bridgehead atoms. The highest BCUT2D eigenvalue weighted by molar-refractivity contribution is 5.75. The van der Waals surface area contributed by atoms with Gasteiger partial charge in [-0.2, -0.15) is 13.2 Å². The molecule has 0 saturated heterocycles. The normalized spacial score (nSPS) is 13.5. The van der Waals surface area contributed by atoms with Crippen molar-refractivity contribution in [2.45, 2.75) is 12.3 Å². The fourth-order valence-corrected chi connectivity index (χ4v) is 1.27. The van der Waals surface area contributed by atoms with Crippen molar-refractivity contribution in [2.24, 2.45) is 0 Å². The molecule has 0 aliphatic rings.